The van der Waals surface area contributed by atoms with Gasteiger partial charge in [0.15, 0.2) is 18.1 Å². The number of carbonyl (C=O) groups is 2. The van der Waals surface area contributed by atoms with Crippen molar-refractivity contribution in [3.8, 4) is 17.6 Å². The van der Waals surface area contributed by atoms with Gasteiger partial charge in [0, 0.05) is 6.04 Å². The van der Waals surface area contributed by atoms with Crippen LogP contribution in [-0.4, -0.2) is 37.7 Å². The number of amides is 1. The number of nitriles is 1. The highest BCUT2D eigenvalue weighted by molar-refractivity contribution is 9.10. The van der Waals surface area contributed by atoms with Crippen molar-refractivity contribution in [1.82, 2.24) is 5.32 Å². The van der Waals surface area contributed by atoms with Crippen molar-refractivity contribution in [2.75, 3.05) is 19.8 Å². The molecule has 1 N–H and O–H groups in total. The van der Waals surface area contributed by atoms with Crippen molar-refractivity contribution in [3.63, 3.8) is 0 Å². The van der Waals surface area contributed by atoms with E-state index in [1.807, 2.05) is 13.0 Å². The minimum atomic E-state index is -0.485. The van der Waals surface area contributed by atoms with Gasteiger partial charge < -0.3 is 19.5 Å². The molecule has 0 saturated heterocycles. The molecule has 0 aromatic heterocycles. The minimum Gasteiger partial charge on any atom is -0.490 e. The van der Waals surface area contributed by atoms with E-state index >= 15 is 0 Å². The van der Waals surface area contributed by atoms with E-state index in [0.717, 1.165) is 25.7 Å². The van der Waals surface area contributed by atoms with Gasteiger partial charge in [0.25, 0.3) is 5.91 Å². The summed E-state index contributed by atoms with van der Waals surface area (Å²) >= 11 is 3.41. The number of ether oxygens (including phenoxy) is 3. The first-order chi connectivity index (χ1) is 14.0. The Morgan fingerprint density at radius 1 is 1.24 bits per heavy atom. The summed E-state index contributed by atoms with van der Waals surface area (Å²) in [5, 5.41) is 12.3. The average molecular weight is 465 g/mol. The molecule has 7 nitrogen and oxygen atoms in total. The Morgan fingerprint density at radius 3 is 2.59 bits per heavy atom. The average Bonchev–Trinajstić information content (AvgIpc) is 3.18. The number of esters is 1. The number of hydrogen-bond donors (Lipinski definition) is 1. The van der Waals surface area contributed by atoms with Gasteiger partial charge in [-0.2, -0.15) is 5.26 Å². The maximum atomic E-state index is 12.4. The summed E-state index contributed by atoms with van der Waals surface area (Å²) in [6.45, 7) is 3.93. The van der Waals surface area contributed by atoms with Crippen LogP contribution in [0.2, 0.25) is 0 Å². The molecule has 2 rings (SSSR count). The largest absolute Gasteiger partial charge is 0.490 e. The quantitative estimate of drug-likeness (QED) is 0.339. The zero-order valence-corrected chi connectivity index (χ0v) is 18.2. The summed E-state index contributed by atoms with van der Waals surface area (Å²) in [4.78, 5) is 24.0. The molecule has 1 saturated carbocycles. The van der Waals surface area contributed by atoms with Crippen molar-refractivity contribution in [3.05, 3.63) is 27.7 Å². The monoisotopic (exact) mass is 464 g/mol. The molecule has 0 atom stereocenters. The number of benzene rings is 1. The van der Waals surface area contributed by atoms with E-state index in [1.165, 1.54) is 6.08 Å². The topological polar surface area (TPSA) is 97.7 Å². The molecular formula is C21H25BrN2O5. The molecule has 0 heterocycles. The van der Waals surface area contributed by atoms with Gasteiger partial charge in [-0.1, -0.05) is 12.8 Å². The van der Waals surface area contributed by atoms with Gasteiger partial charge in [0.1, 0.15) is 11.6 Å². The molecule has 1 aliphatic carbocycles. The Balaban J connectivity index is 2.22. The van der Waals surface area contributed by atoms with Crippen molar-refractivity contribution in [1.29, 1.82) is 5.26 Å². The predicted octanol–water partition coefficient (Wildman–Crippen LogP) is 3.76. The van der Waals surface area contributed by atoms with Crippen LogP contribution >= 0.6 is 15.9 Å². The second-order valence-electron chi connectivity index (χ2n) is 6.48. The van der Waals surface area contributed by atoms with Crippen molar-refractivity contribution in [2.45, 2.75) is 45.6 Å². The molecule has 0 radical (unpaired) electrons. The van der Waals surface area contributed by atoms with Crippen LogP contribution in [0.4, 0.5) is 0 Å². The molecule has 1 aromatic rings. The minimum absolute atomic E-state index is 0.0199. The van der Waals surface area contributed by atoms with Gasteiger partial charge in [-0.15, -0.1) is 0 Å². The van der Waals surface area contributed by atoms with E-state index in [1.54, 1.807) is 19.1 Å². The fraction of sp³-hybridized carbons (Fsp3) is 0.476. The number of halogens is 1. The highest BCUT2D eigenvalue weighted by atomic mass is 79.9. The molecule has 1 fully saturated rings. The van der Waals surface area contributed by atoms with Crippen LogP contribution in [-0.2, 0) is 14.3 Å². The second kappa shape index (κ2) is 11.5. The zero-order valence-electron chi connectivity index (χ0n) is 16.6. The molecule has 8 heteroatoms. The molecule has 29 heavy (non-hydrogen) atoms. The van der Waals surface area contributed by atoms with Gasteiger partial charge in [-0.25, -0.2) is 4.79 Å². The standard InChI is InChI=1S/C21H25BrN2O5/c1-3-27-18-11-14(10-17(22)20(18)29-13-19(25)28-4-2)9-15(12-23)21(26)24-16-7-5-6-8-16/h9-11,16H,3-8,13H2,1-2H3,(H,24,26)/b15-9-. The SMILES string of the molecule is CCOC(=O)COc1c(Br)cc(/C=C(/C#N)C(=O)NC2CCCC2)cc1OCC. The highest BCUT2D eigenvalue weighted by Gasteiger charge is 2.20. The highest BCUT2D eigenvalue weighted by Crippen LogP contribution is 2.37. The summed E-state index contributed by atoms with van der Waals surface area (Å²) < 4.78 is 16.6. The lowest BCUT2D eigenvalue weighted by atomic mass is 10.1. The molecule has 1 aromatic carbocycles. The first-order valence-corrected chi connectivity index (χ1v) is 10.4. The summed E-state index contributed by atoms with van der Waals surface area (Å²) in [6, 6.07) is 5.45. The van der Waals surface area contributed by atoms with Crippen LogP contribution in [0.15, 0.2) is 22.2 Å². The third kappa shape index (κ3) is 6.79. The number of hydrogen-bond acceptors (Lipinski definition) is 6. The van der Waals surface area contributed by atoms with Crippen molar-refractivity contribution < 1.29 is 23.8 Å². The van der Waals surface area contributed by atoms with Gasteiger partial charge >= 0.3 is 5.97 Å². The Morgan fingerprint density at radius 2 is 1.97 bits per heavy atom. The third-order valence-electron chi connectivity index (χ3n) is 4.34. The third-order valence-corrected chi connectivity index (χ3v) is 4.93. The first kappa shape index (κ1) is 22.8. The van der Waals surface area contributed by atoms with Crippen LogP contribution in [0, 0.1) is 11.3 Å². The summed E-state index contributed by atoms with van der Waals surface area (Å²) in [5.41, 5.74) is 0.619. The molecule has 0 bridgehead atoms. The normalized spacial score (nSPS) is 14.2. The van der Waals surface area contributed by atoms with Gasteiger partial charge in [0.05, 0.1) is 17.7 Å². The van der Waals surface area contributed by atoms with Crippen LogP contribution in [0.25, 0.3) is 6.08 Å². The van der Waals surface area contributed by atoms with E-state index in [2.05, 4.69) is 21.2 Å². The van der Waals surface area contributed by atoms with Crippen LogP contribution in [0.3, 0.4) is 0 Å². The molecular weight excluding hydrogens is 440 g/mol. The predicted molar refractivity (Wildman–Crippen MR) is 111 cm³/mol. The van der Waals surface area contributed by atoms with Crippen LogP contribution in [0.5, 0.6) is 11.5 Å². The lowest BCUT2D eigenvalue weighted by molar-refractivity contribution is -0.145. The first-order valence-electron chi connectivity index (χ1n) is 9.65. The molecule has 1 aliphatic rings. The summed E-state index contributed by atoms with van der Waals surface area (Å²) in [6.07, 6.45) is 5.57. The number of carbonyl (C=O) groups excluding carboxylic acids is 2. The second-order valence-corrected chi connectivity index (χ2v) is 7.34. The number of nitrogens with one attached hydrogen (secondary N) is 1. The molecule has 1 amide bonds. The smallest absolute Gasteiger partial charge is 0.344 e. The fourth-order valence-electron chi connectivity index (χ4n) is 3.06. The van der Waals surface area contributed by atoms with Gasteiger partial charge in [-0.3, -0.25) is 4.79 Å². The number of nitrogens with zero attached hydrogens (tertiary/aromatic N) is 1. The van der Waals surface area contributed by atoms with Crippen LogP contribution < -0.4 is 14.8 Å². The lowest BCUT2D eigenvalue weighted by Gasteiger charge is -2.15. The van der Waals surface area contributed by atoms with E-state index in [9.17, 15) is 14.9 Å². The Bertz CT molecular complexity index is 810. The van der Waals surface area contributed by atoms with Crippen LogP contribution in [0.1, 0.15) is 45.1 Å². The van der Waals surface area contributed by atoms with E-state index < -0.39 is 5.97 Å². The summed E-state index contributed by atoms with van der Waals surface area (Å²) in [5.74, 6) is -0.117. The Kier molecular flexibility index (Phi) is 9.00. The van der Waals surface area contributed by atoms with Gasteiger partial charge in [-0.05, 0) is 66.4 Å². The molecule has 0 aliphatic heterocycles. The lowest BCUT2D eigenvalue weighted by Crippen LogP contribution is -2.33. The summed E-state index contributed by atoms with van der Waals surface area (Å²) in [7, 11) is 0. The Labute approximate surface area is 179 Å². The number of rotatable bonds is 9. The zero-order chi connectivity index (χ0) is 21.2. The Hall–Kier alpha value is -2.53. The molecule has 0 spiro atoms. The molecule has 0 unspecified atom stereocenters. The van der Waals surface area contributed by atoms with E-state index in [-0.39, 0.29) is 30.7 Å². The van der Waals surface area contributed by atoms with E-state index in [0.29, 0.717) is 28.1 Å². The van der Waals surface area contributed by atoms with Crippen molar-refractivity contribution >= 4 is 33.9 Å². The van der Waals surface area contributed by atoms with Crippen molar-refractivity contribution in [2.24, 2.45) is 0 Å². The maximum absolute atomic E-state index is 12.4. The maximum Gasteiger partial charge on any atom is 0.344 e. The molecule has 156 valence electrons. The van der Waals surface area contributed by atoms with Gasteiger partial charge in [0.2, 0.25) is 0 Å². The fourth-order valence-corrected chi connectivity index (χ4v) is 3.63. The van der Waals surface area contributed by atoms with E-state index in [4.69, 9.17) is 14.2 Å².